The molecule has 4 heteroatoms. The third kappa shape index (κ3) is 2.98. The van der Waals surface area contributed by atoms with Gasteiger partial charge in [-0.25, -0.2) is 4.98 Å². The molecular formula is C17H19ClN2O. The lowest BCUT2D eigenvalue weighted by Crippen LogP contribution is -2.34. The maximum atomic E-state index is 6.13. The predicted octanol–water partition coefficient (Wildman–Crippen LogP) is 4.41. The van der Waals surface area contributed by atoms with Gasteiger partial charge in [-0.1, -0.05) is 29.8 Å². The number of methoxy groups -OCH3 is 1. The van der Waals surface area contributed by atoms with Crippen molar-refractivity contribution in [2.24, 2.45) is 0 Å². The molecule has 0 spiro atoms. The molecule has 1 heterocycles. The molecule has 0 saturated heterocycles. The second-order valence-corrected chi connectivity index (χ2v) is 5.96. The molecule has 1 fully saturated rings. The first-order valence-corrected chi connectivity index (χ1v) is 7.56. The number of rotatable bonds is 4. The normalized spacial score (nSPS) is 20.7. The maximum absolute atomic E-state index is 6.13. The predicted molar refractivity (Wildman–Crippen MR) is 86.4 cm³/mol. The highest BCUT2D eigenvalue weighted by atomic mass is 35.5. The van der Waals surface area contributed by atoms with Crippen molar-refractivity contribution >= 4 is 17.3 Å². The highest BCUT2D eigenvalue weighted by molar-refractivity contribution is 6.32. The van der Waals surface area contributed by atoms with Gasteiger partial charge in [0.15, 0.2) is 5.15 Å². The van der Waals surface area contributed by atoms with Crippen molar-refractivity contribution in [3.63, 3.8) is 0 Å². The van der Waals surface area contributed by atoms with Crippen LogP contribution in [0.25, 0.3) is 0 Å². The molecule has 110 valence electrons. The highest BCUT2D eigenvalue weighted by Crippen LogP contribution is 2.42. The van der Waals surface area contributed by atoms with Crippen LogP contribution in [0.3, 0.4) is 0 Å². The molecule has 0 aliphatic heterocycles. The Morgan fingerprint density at radius 3 is 2.81 bits per heavy atom. The van der Waals surface area contributed by atoms with E-state index in [1.54, 1.807) is 13.3 Å². The minimum atomic E-state index is 0.445. The summed E-state index contributed by atoms with van der Waals surface area (Å²) in [5, 5.41) is 4.03. The largest absolute Gasteiger partial charge is 0.496 e. The second-order valence-electron chi connectivity index (χ2n) is 5.60. The van der Waals surface area contributed by atoms with Gasteiger partial charge < -0.3 is 10.1 Å². The summed E-state index contributed by atoms with van der Waals surface area (Å²) in [5.74, 6) is 1.53. The molecule has 21 heavy (non-hydrogen) atoms. The second kappa shape index (κ2) is 5.94. The van der Waals surface area contributed by atoms with Gasteiger partial charge in [-0.3, -0.25) is 0 Å². The summed E-state index contributed by atoms with van der Waals surface area (Å²) in [6.07, 6.45) is 3.96. The molecule has 3 nitrogen and oxygen atoms in total. The van der Waals surface area contributed by atoms with Crippen molar-refractivity contribution in [3.05, 3.63) is 52.8 Å². The van der Waals surface area contributed by atoms with Gasteiger partial charge in [0.25, 0.3) is 0 Å². The average Bonchev–Trinajstić information content (AvgIpc) is 2.46. The van der Waals surface area contributed by atoms with Gasteiger partial charge in [0.1, 0.15) is 5.75 Å². The van der Waals surface area contributed by atoms with E-state index in [4.69, 9.17) is 16.3 Å². The monoisotopic (exact) mass is 302 g/mol. The van der Waals surface area contributed by atoms with E-state index in [0.29, 0.717) is 17.1 Å². The van der Waals surface area contributed by atoms with E-state index in [-0.39, 0.29) is 0 Å². The highest BCUT2D eigenvalue weighted by Gasteiger charge is 2.32. The van der Waals surface area contributed by atoms with Crippen LogP contribution in [0.2, 0.25) is 5.15 Å². The van der Waals surface area contributed by atoms with Gasteiger partial charge in [-0.2, -0.15) is 0 Å². The minimum Gasteiger partial charge on any atom is -0.496 e. The molecule has 1 aliphatic carbocycles. The van der Waals surface area contributed by atoms with Gasteiger partial charge in [0, 0.05) is 12.2 Å². The first kappa shape index (κ1) is 14.2. The van der Waals surface area contributed by atoms with Crippen molar-refractivity contribution < 1.29 is 4.74 Å². The number of halogens is 1. The fraction of sp³-hybridized carbons (Fsp3) is 0.353. The Kier molecular flexibility index (Phi) is 4.02. The number of para-hydroxylation sites is 1. The topological polar surface area (TPSA) is 34.1 Å². The van der Waals surface area contributed by atoms with Gasteiger partial charge in [-0.15, -0.1) is 0 Å². The molecular weight excluding hydrogens is 284 g/mol. The van der Waals surface area contributed by atoms with Gasteiger partial charge in [0.05, 0.1) is 12.8 Å². The van der Waals surface area contributed by atoms with Crippen LogP contribution >= 0.6 is 11.6 Å². The van der Waals surface area contributed by atoms with E-state index >= 15 is 0 Å². The Labute approximate surface area is 130 Å². The van der Waals surface area contributed by atoms with E-state index in [1.165, 1.54) is 5.56 Å². The average molecular weight is 303 g/mol. The number of ether oxygens (including phenoxy) is 1. The molecule has 0 amide bonds. The third-order valence-electron chi connectivity index (χ3n) is 4.05. The van der Waals surface area contributed by atoms with Crippen LogP contribution in [-0.2, 0) is 0 Å². The van der Waals surface area contributed by atoms with Crippen LogP contribution in [-0.4, -0.2) is 18.1 Å². The summed E-state index contributed by atoms with van der Waals surface area (Å²) in [6.45, 7) is 2.02. The molecule has 1 saturated carbocycles. The molecule has 1 N–H and O–H groups in total. The van der Waals surface area contributed by atoms with Gasteiger partial charge >= 0.3 is 0 Å². The number of hydrogen-bond acceptors (Lipinski definition) is 3. The van der Waals surface area contributed by atoms with Crippen LogP contribution in [0.5, 0.6) is 5.75 Å². The fourth-order valence-corrected chi connectivity index (χ4v) is 3.02. The fourth-order valence-electron chi connectivity index (χ4n) is 2.87. The Morgan fingerprint density at radius 2 is 2.05 bits per heavy atom. The standard InChI is InChI=1S/C17H19ClN2O/c1-11-7-15(17(18)19-10-11)20-13-8-12(9-13)14-5-3-4-6-16(14)21-2/h3-7,10,12-13,20H,8-9H2,1-2H3. The maximum Gasteiger partial charge on any atom is 0.152 e. The molecule has 2 aromatic rings. The number of nitrogens with one attached hydrogen (secondary N) is 1. The summed E-state index contributed by atoms with van der Waals surface area (Å²) in [7, 11) is 1.73. The van der Waals surface area contributed by atoms with Crippen molar-refractivity contribution in [2.45, 2.75) is 31.7 Å². The summed E-state index contributed by atoms with van der Waals surface area (Å²) < 4.78 is 5.44. The zero-order chi connectivity index (χ0) is 14.8. The number of aromatic nitrogens is 1. The van der Waals surface area contributed by atoms with Gasteiger partial charge in [-0.05, 0) is 48.9 Å². The van der Waals surface area contributed by atoms with E-state index in [1.807, 2.05) is 25.1 Å². The Balaban J connectivity index is 1.65. The first-order valence-electron chi connectivity index (χ1n) is 7.19. The van der Waals surface area contributed by atoms with Crippen LogP contribution < -0.4 is 10.1 Å². The van der Waals surface area contributed by atoms with E-state index in [2.05, 4.69) is 22.4 Å². The van der Waals surface area contributed by atoms with E-state index in [0.717, 1.165) is 29.8 Å². The van der Waals surface area contributed by atoms with Crippen molar-refractivity contribution in [3.8, 4) is 5.75 Å². The smallest absolute Gasteiger partial charge is 0.152 e. The molecule has 0 radical (unpaired) electrons. The zero-order valence-electron chi connectivity index (χ0n) is 12.3. The Bertz CT molecular complexity index is 638. The third-order valence-corrected chi connectivity index (χ3v) is 4.35. The summed E-state index contributed by atoms with van der Waals surface area (Å²) in [6, 6.07) is 10.7. The number of pyridine rings is 1. The summed E-state index contributed by atoms with van der Waals surface area (Å²) in [5.41, 5.74) is 3.34. The lowest BCUT2D eigenvalue weighted by atomic mass is 9.75. The number of aryl methyl sites for hydroxylation is 1. The lowest BCUT2D eigenvalue weighted by Gasteiger charge is -2.37. The lowest BCUT2D eigenvalue weighted by molar-refractivity contribution is 0.349. The summed E-state index contributed by atoms with van der Waals surface area (Å²) >= 11 is 6.13. The van der Waals surface area contributed by atoms with Crippen molar-refractivity contribution in [1.82, 2.24) is 4.98 Å². The van der Waals surface area contributed by atoms with Crippen molar-refractivity contribution in [2.75, 3.05) is 12.4 Å². The van der Waals surface area contributed by atoms with E-state index < -0.39 is 0 Å². The van der Waals surface area contributed by atoms with Gasteiger partial charge in [0.2, 0.25) is 0 Å². The Morgan fingerprint density at radius 1 is 1.29 bits per heavy atom. The van der Waals surface area contributed by atoms with Crippen molar-refractivity contribution in [1.29, 1.82) is 0 Å². The molecule has 0 bridgehead atoms. The number of nitrogens with zero attached hydrogens (tertiary/aromatic N) is 1. The Hall–Kier alpha value is -1.74. The molecule has 0 atom stereocenters. The van der Waals surface area contributed by atoms with Crippen LogP contribution in [0.4, 0.5) is 5.69 Å². The number of anilines is 1. The molecule has 3 rings (SSSR count). The van der Waals surface area contributed by atoms with Crippen LogP contribution in [0.15, 0.2) is 36.5 Å². The number of benzene rings is 1. The molecule has 1 aromatic heterocycles. The van der Waals surface area contributed by atoms with Crippen LogP contribution in [0.1, 0.15) is 29.9 Å². The van der Waals surface area contributed by atoms with Crippen LogP contribution in [0, 0.1) is 6.92 Å². The first-order chi connectivity index (χ1) is 10.2. The van der Waals surface area contributed by atoms with E-state index in [9.17, 15) is 0 Å². The summed E-state index contributed by atoms with van der Waals surface area (Å²) in [4.78, 5) is 4.18. The minimum absolute atomic E-state index is 0.445. The zero-order valence-corrected chi connectivity index (χ0v) is 13.0. The molecule has 1 aliphatic rings. The molecule has 1 aromatic carbocycles. The quantitative estimate of drug-likeness (QED) is 0.849. The SMILES string of the molecule is COc1ccccc1C1CC(Nc2cc(C)cnc2Cl)C1. The molecule has 0 unspecified atom stereocenters. The number of hydrogen-bond donors (Lipinski definition) is 1.